The summed E-state index contributed by atoms with van der Waals surface area (Å²) >= 11 is 0. The Bertz CT molecular complexity index is 505. The standard InChI is InChI=1S/C20H36N4O3/c1-24(2)19(25)13-22-20(23-18-12-15-6-7-16(18)11-15)21-8-4-9-26-14-17-5-3-10-27-17/h15-18H,3-14H2,1-2H3,(H2,21,22,23). The molecule has 27 heavy (non-hydrogen) atoms. The third-order valence-electron chi connectivity index (χ3n) is 6.02. The van der Waals surface area contributed by atoms with E-state index in [-0.39, 0.29) is 18.6 Å². The summed E-state index contributed by atoms with van der Waals surface area (Å²) in [6.07, 6.45) is 8.74. The van der Waals surface area contributed by atoms with Gasteiger partial charge in [0.05, 0.1) is 12.7 Å². The highest BCUT2D eigenvalue weighted by molar-refractivity contribution is 5.85. The number of amides is 1. The van der Waals surface area contributed by atoms with E-state index in [2.05, 4.69) is 15.6 Å². The van der Waals surface area contributed by atoms with Gasteiger partial charge in [0, 0.05) is 39.9 Å². The van der Waals surface area contributed by atoms with Gasteiger partial charge in [0.2, 0.25) is 5.91 Å². The molecule has 1 amide bonds. The van der Waals surface area contributed by atoms with Crippen molar-refractivity contribution in [1.29, 1.82) is 0 Å². The number of rotatable bonds is 9. The van der Waals surface area contributed by atoms with Gasteiger partial charge in [-0.2, -0.15) is 0 Å². The summed E-state index contributed by atoms with van der Waals surface area (Å²) in [7, 11) is 3.53. The lowest BCUT2D eigenvalue weighted by Gasteiger charge is -2.25. The summed E-state index contributed by atoms with van der Waals surface area (Å²) in [5, 5.41) is 6.97. The van der Waals surface area contributed by atoms with Crippen LogP contribution in [0.4, 0.5) is 0 Å². The van der Waals surface area contributed by atoms with Crippen LogP contribution in [0, 0.1) is 11.8 Å². The monoisotopic (exact) mass is 380 g/mol. The lowest BCUT2D eigenvalue weighted by molar-refractivity contribution is -0.127. The first kappa shape index (κ1) is 20.4. The molecule has 1 saturated heterocycles. The van der Waals surface area contributed by atoms with Crippen LogP contribution in [0.15, 0.2) is 4.99 Å². The van der Waals surface area contributed by atoms with Crippen molar-refractivity contribution in [3.63, 3.8) is 0 Å². The number of carbonyl (C=O) groups excluding carboxylic acids is 1. The van der Waals surface area contributed by atoms with Crippen molar-refractivity contribution < 1.29 is 14.3 Å². The molecule has 0 aromatic rings. The van der Waals surface area contributed by atoms with Gasteiger partial charge in [-0.15, -0.1) is 0 Å². The van der Waals surface area contributed by atoms with Crippen LogP contribution in [0.5, 0.6) is 0 Å². The first-order valence-corrected chi connectivity index (χ1v) is 10.6. The predicted octanol–water partition coefficient (Wildman–Crippen LogP) is 1.38. The van der Waals surface area contributed by atoms with Crippen LogP contribution >= 0.6 is 0 Å². The van der Waals surface area contributed by atoms with Crippen molar-refractivity contribution in [3.8, 4) is 0 Å². The second-order valence-corrected chi connectivity index (χ2v) is 8.37. The van der Waals surface area contributed by atoms with E-state index in [0.29, 0.717) is 19.3 Å². The van der Waals surface area contributed by atoms with E-state index >= 15 is 0 Å². The highest BCUT2D eigenvalue weighted by atomic mass is 16.5. The van der Waals surface area contributed by atoms with Crippen LogP contribution in [0.3, 0.4) is 0 Å². The molecule has 7 heteroatoms. The van der Waals surface area contributed by atoms with E-state index in [0.717, 1.165) is 50.2 Å². The van der Waals surface area contributed by atoms with Crippen LogP contribution in [0.1, 0.15) is 44.9 Å². The maximum Gasteiger partial charge on any atom is 0.243 e. The minimum atomic E-state index is 0.0175. The number of nitrogens with one attached hydrogen (secondary N) is 2. The molecular formula is C20H36N4O3. The first-order chi connectivity index (χ1) is 13.1. The number of carbonyl (C=O) groups is 1. The van der Waals surface area contributed by atoms with Gasteiger partial charge in [-0.3, -0.25) is 4.79 Å². The molecule has 1 aliphatic heterocycles. The molecule has 2 saturated carbocycles. The van der Waals surface area contributed by atoms with E-state index in [1.807, 2.05) is 0 Å². The smallest absolute Gasteiger partial charge is 0.243 e. The quantitative estimate of drug-likeness (QED) is 0.359. The SMILES string of the molecule is CN(C)C(=O)CN=C(NCCCOCC1CCCO1)NC1CC2CCC1C2. The minimum Gasteiger partial charge on any atom is -0.379 e. The summed E-state index contributed by atoms with van der Waals surface area (Å²) in [6.45, 7) is 3.25. The van der Waals surface area contributed by atoms with E-state index in [9.17, 15) is 4.79 Å². The number of hydrogen-bond donors (Lipinski definition) is 2. The molecule has 3 rings (SSSR count). The van der Waals surface area contributed by atoms with Gasteiger partial charge in [0.15, 0.2) is 5.96 Å². The van der Waals surface area contributed by atoms with Crippen molar-refractivity contribution in [2.45, 2.75) is 57.1 Å². The second kappa shape index (κ2) is 10.3. The molecule has 0 spiro atoms. The Balaban J connectivity index is 1.38. The summed E-state index contributed by atoms with van der Waals surface area (Å²) < 4.78 is 11.3. The molecule has 0 aromatic carbocycles. The van der Waals surface area contributed by atoms with Crippen molar-refractivity contribution in [1.82, 2.24) is 15.5 Å². The lowest BCUT2D eigenvalue weighted by atomic mass is 9.95. The van der Waals surface area contributed by atoms with Gasteiger partial charge in [0.1, 0.15) is 6.54 Å². The molecule has 3 aliphatic rings. The highest BCUT2D eigenvalue weighted by Gasteiger charge is 2.39. The largest absolute Gasteiger partial charge is 0.379 e. The fourth-order valence-electron chi connectivity index (χ4n) is 4.41. The summed E-state index contributed by atoms with van der Waals surface area (Å²) in [6, 6.07) is 0.500. The average molecular weight is 381 g/mol. The first-order valence-electron chi connectivity index (χ1n) is 10.6. The van der Waals surface area contributed by atoms with Crippen LogP contribution < -0.4 is 10.6 Å². The molecule has 0 aromatic heterocycles. The lowest BCUT2D eigenvalue weighted by Crippen LogP contribution is -2.46. The summed E-state index contributed by atoms with van der Waals surface area (Å²) in [5.41, 5.74) is 0. The number of likely N-dealkylation sites (N-methyl/N-ethyl adjacent to an activating group) is 1. The van der Waals surface area contributed by atoms with Crippen molar-refractivity contribution in [3.05, 3.63) is 0 Å². The topological polar surface area (TPSA) is 75.2 Å². The van der Waals surface area contributed by atoms with Gasteiger partial charge in [-0.1, -0.05) is 6.42 Å². The number of guanidine groups is 1. The Kier molecular flexibility index (Phi) is 7.76. The zero-order valence-corrected chi connectivity index (χ0v) is 16.9. The van der Waals surface area contributed by atoms with Crippen LogP contribution in [-0.4, -0.2) is 75.9 Å². The zero-order chi connectivity index (χ0) is 19.1. The molecular weight excluding hydrogens is 344 g/mol. The number of aliphatic imine (C=N–C) groups is 1. The highest BCUT2D eigenvalue weighted by Crippen LogP contribution is 2.44. The van der Waals surface area contributed by atoms with Gasteiger partial charge in [0.25, 0.3) is 0 Å². The molecule has 4 unspecified atom stereocenters. The van der Waals surface area contributed by atoms with Gasteiger partial charge in [-0.05, 0) is 50.4 Å². The molecule has 0 radical (unpaired) electrons. The van der Waals surface area contributed by atoms with Crippen LogP contribution in [0.25, 0.3) is 0 Å². The average Bonchev–Trinajstić information content (AvgIpc) is 3.40. The van der Waals surface area contributed by atoms with Gasteiger partial charge >= 0.3 is 0 Å². The summed E-state index contributed by atoms with van der Waals surface area (Å²) in [5.74, 6) is 2.43. The van der Waals surface area contributed by atoms with E-state index in [4.69, 9.17) is 9.47 Å². The third-order valence-corrected chi connectivity index (χ3v) is 6.02. The van der Waals surface area contributed by atoms with Crippen LogP contribution in [-0.2, 0) is 14.3 Å². The Labute approximate surface area is 163 Å². The maximum atomic E-state index is 11.9. The molecule has 7 nitrogen and oxygen atoms in total. The van der Waals surface area contributed by atoms with E-state index < -0.39 is 0 Å². The van der Waals surface area contributed by atoms with E-state index in [1.165, 1.54) is 25.7 Å². The molecule has 4 atom stereocenters. The fourth-order valence-corrected chi connectivity index (χ4v) is 4.41. The number of hydrogen-bond acceptors (Lipinski definition) is 4. The second-order valence-electron chi connectivity index (χ2n) is 8.37. The molecule has 2 N–H and O–H groups in total. The maximum absolute atomic E-state index is 11.9. The molecule has 1 heterocycles. The Morgan fingerprint density at radius 2 is 2.15 bits per heavy atom. The fraction of sp³-hybridized carbons (Fsp3) is 0.900. The number of nitrogens with zero attached hydrogens (tertiary/aromatic N) is 2. The Hall–Kier alpha value is -1.34. The zero-order valence-electron chi connectivity index (χ0n) is 16.9. The normalized spacial score (nSPS) is 29.9. The van der Waals surface area contributed by atoms with Crippen molar-refractivity contribution in [2.75, 3.05) is 47.0 Å². The number of fused-ring (bicyclic) bond motifs is 2. The molecule has 3 fully saturated rings. The van der Waals surface area contributed by atoms with Crippen molar-refractivity contribution >= 4 is 11.9 Å². The Morgan fingerprint density at radius 3 is 2.81 bits per heavy atom. The van der Waals surface area contributed by atoms with E-state index in [1.54, 1.807) is 19.0 Å². The molecule has 2 bridgehead atoms. The Morgan fingerprint density at radius 1 is 1.26 bits per heavy atom. The van der Waals surface area contributed by atoms with Gasteiger partial charge in [-0.25, -0.2) is 4.99 Å². The van der Waals surface area contributed by atoms with Crippen molar-refractivity contribution in [2.24, 2.45) is 16.8 Å². The predicted molar refractivity (Wildman–Crippen MR) is 106 cm³/mol. The molecule has 2 aliphatic carbocycles. The van der Waals surface area contributed by atoms with Gasteiger partial charge < -0.3 is 25.0 Å². The van der Waals surface area contributed by atoms with Crippen LogP contribution in [0.2, 0.25) is 0 Å². The molecule has 154 valence electrons. The number of ether oxygens (including phenoxy) is 2. The summed E-state index contributed by atoms with van der Waals surface area (Å²) in [4.78, 5) is 18.0. The third kappa shape index (κ3) is 6.35. The minimum absolute atomic E-state index is 0.0175.